The fourth-order valence-electron chi connectivity index (χ4n) is 2.53. The summed E-state index contributed by atoms with van der Waals surface area (Å²) in [5.41, 5.74) is 1.84. The van der Waals surface area contributed by atoms with Crippen LogP contribution in [-0.4, -0.2) is 29.5 Å². The number of esters is 1. The molecule has 1 aliphatic rings. The van der Waals surface area contributed by atoms with Gasteiger partial charge >= 0.3 is 11.7 Å². The van der Waals surface area contributed by atoms with Crippen LogP contribution in [0.3, 0.4) is 0 Å². The Hall–Kier alpha value is -2.19. The molecule has 1 heterocycles. The first kappa shape index (κ1) is 18.6. The Morgan fingerprint density at radius 3 is 2.42 bits per heavy atom. The summed E-state index contributed by atoms with van der Waals surface area (Å²) in [5, 5.41) is 11.6. The van der Waals surface area contributed by atoms with E-state index in [1.165, 1.54) is 13.2 Å². The fourth-order valence-corrected chi connectivity index (χ4v) is 5.34. The van der Waals surface area contributed by atoms with E-state index in [-0.39, 0.29) is 21.8 Å². The van der Waals surface area contributed by atoms with Crippen LogP contribution in [0.25, 0.3) is 0 Å². The summed E-state index contributed by atoms with van der Waals surface area (Å²) in [6, 6.07) is 9.98. The minimum atomic E-state index is -0.663. The number of thioether (sulfide) groups is 2. The largest absolute Gasteiger partial charge is 0.493 e. The molecule has 136 valence electrons. The van der Waals surface area contributed by atoms with Crippen molar-refractivity contribution >= 4 is 35.2 Å². The van der Waals surface area contributed by atoms with Gasteiger partial charge in [0.05, 0.1) is 22.2 Å². The minimum absolute atomic E-state index is 0.115. The van der Waals surface area contributed by atoms with Gasteiger partial charge in [-0.3, -0.25) is 10.1 Å². The number of rotatable bonds is 5. The van der Waals surface area contributed by atoms with Crippen LogP contribution in [0, 0.1) is 17.0 Å². The van der Waals surface area contributed by atoms with Gasteiger partial charge in [-0.2, -0.15) is 0 Å². The molecule has 0 N–H and O–H groups in total. The predicted octanol–water partition coefficient (Wildman–Crippen LogP) is 4.61. The van der Waals surface area contributed by atoms with E-state index in [1.807, 2.05) is 6.92 Å². The number of hydrogen-bond donors (Lipinski definition) is 0. The van der Waals surface area contributed by atoms with Gasteiger partial charge in [0.1, 0.15) is 0 Å². The lowest BCUT2D eigenvalue weighted by Crippen LogP contribution is -2.11. The van der Waals surface area contributed by atoms with Crippen molar-refractivity contribution in [2.45, 2.75) is 11.5 Å². The van der Waals surface area contributed by atoms with Crippen molar-refractivity contribution in [3.05, 3.63) is 63.2 Å². The lowest BCUT2D eigenvalue weighted by atomic mass is 10.1. The number of hydrogen-bond acceptors (Lipinski definition) is 7. The normalized spacial score (nSPS) is 14.2. The number of carbonyl (C=O) groups excluding carboxylic acids is 1. The van der Waals surface area contributed by atoms with Crippen molar-refractivity contribution in [2.24, 2.45) is 0 Å². The number of nitro groups is 1. The first-order valence-electron chi connectivity index (χ1n) is 7.88. The minimum Gasteiger partial charge on any atom is -0.493 e. The molecule has 2 aromatic rings. The number of methoxy groups -OCH3 is 1. The zero-order valence-electron chi connectivity index (χ0n) is 14.3. The van der Waals surface area contributed by atoms with Crippen LogP contribution < -0.4 is 9.47 Å². The number of nitrogens with zero attached hydrogens (tertiary/aromatic N) is 1. The van der Waals surface area contributed by atoms with Gasteiger partial charge in [-0.15, -0.1) is 23.5 Å². The van der Waals surface area contributed by atoms with E-state index in [9.17, 15) is 14.9 Å². The molecule has 0 saturated carbocycles. The monoisotopic (exact) mass is 391 g/mol. The van der Waals surface area contributed by atoms with Crippen LogP contribution in [0.2, 0.25) is 0 Å². The molecule has 1 aliphatic heterocycles. The van der Waals surface area contributed by atoms with Gasteiger partial charge in [0, 0.05) is 17.6 Å². The molecule has 0 spiro atoms. The van der Waals surface area contributed by atoms with Crippen LogP contribution in [0.4, 0.5) is 5.69 Å². The Morgan fingerprint density at radius 2 is 1.85 bits per heavy atom. The Labute approximate surface area is 159 Å². The molecule has 0 unspecified atom stereocenters. The van der Waals surface area contributed by atoms with Crippen LogP contribution in [0.15, 0.2) is 36.4 Å². The van der Waals surface area contributed by atoms with E-state index in [4.69, 9.17) is 9.47 Å². The van der Waals surface area contributed by atoms with E-state index in [0.29, 0.717) is 5.56 Å². The molecule has 2 aromatic carbocycles. The Bertz CT molecular complexity index is 832. The second-order valence-electron chi connectivity index (χ2n) is 5.66. The smallest absolute Gasteiger partial charge is 0.343 e. The van der Waals surface area contributed by atoms with Gasteiger partial charge in [-0.1, -0.05) is 17.7 Å². The van der Waals surface area contributed by atoms with Crippen LogP contribution in [0.5, 0.6) is 11.5 Å². The van der Waals surface area contributed by atoms with Crippen molar-refractivity contribution in [1.82, 2.24) is 0 Å². The van der Waals surface area contributed by atoms with Crippen molar-refractivity contribution in [2.75, 3.05) is 18.6 Å². The van der Waals surface area contributed by atoms with E-state index in [1.54, 1.807) is 53.9 Å². The number of benzene rings is 2. The molecule has 0 bridgehead atoms. The molecule has 0 amide bonds. The first-order valence-corrected chi connectivity index (χ1v) is 9.97. The standard InChI is InChI=1S/C18H17NO5S2/c1-11-3-5-12(6-4-11)17(20)24-16-14(19(21)22)9-13(10-15(16)23-2)18-25-7-8-26-18/h3-6,9-10,18H,7-8H2,1-2H3. The zero-order chi connectivity index (χ0) is 18.7. The van der Waals surface area contributed by atoms with Crippen molar-refractivity contribution in [3.8, 4) is 11.5 Å². The molecule has 3 rings (SSSR count). The number of nitro benzene ring substituents is 1. The summed E-state index contributed by atoms with van der Waals surface area (Å²) in [6.07, 6.45) is 0. The summed E-state index contributed by atoms with van der Waals surface area (Å²) < 4.78 is 10.8. The average Bonchev–Trinajstić information content (AvgIpc) is 3.16. The quantitative estimate of drug-likeness (QED) is 0.319. The lowest BCUT2D eigenvalue weighted by Gasteiger charge is -2.14. The zero-order valence-corrected chi connectivity index (χ0v) is 15.9. The number of ether oxygens (including phenoxy) is 2. The number of carbonyl (C=O) groups is 1. The second-order valence-corrected chi connectivity index (χ2v) is 8.38. The van der Waals surface area contributed by atoms with Crippen LogP contribution in [0.1, 0.15) is 26.1 Å². The maximum absolute atomic E-state index is 12.4. The van der Waals surface area contributed by atoms with Crippen molar-refractivity contribution in [1.29, 1.82) is 0 Å². The molecule has 1 saturated heterocycles. The predicted molar refractivity (Wildman–Crippen MR) is 103 cm³/mol. The van der Waals surface area contributed by atoms with Gasteiger partial charge in [-0.25, -0.2) is 4.79 Å². The molecule has 0 aromatic heterocycles. The Kier molecular flexibility index (Phi) is 5.73. The molecule has 0 radical (unpaired) electrons. The molecular formula is C18H17NO5S2. The van der Waals surface area contributed by atoms with Gasteiger partial charge in [0.15, 0.2) is 5.75 Å². The molecular weight excluding hydrogens is 374 g/mol. The SMILES string of the molecule is COc1cc(C2SCCS2)cc([N+](=O)[O-])c1OC(=O)c1ccc(C)cc1. The highest BCUT2D eigenvalue weighted by atomic mass is 32.2. The lowest BCUT2D eigenvalue weighted by molar-refractivity contribution is -0.385. The topological polar surface area (TPSA) is 78.7 Å². The van der Waals surface area contributed by atoms with Crippen LogP contribution in [-0.2, 0) is 0 Å². The fraction of sp³-hybridized carbons (Fsp3) is 0.278. The summed E-state index contributed by atoms with van der Waals surface area (Å²) in [4.78, 5) is 23.4. The van der Waals surface area contributed by atoms with E-state index < -0.39 is 10.9 Å². The highest BCUT2D eigenvalue weighted by Crippen LogP contribution is 2.49. The summed E-state index contributed by atoms with van der Waals surface area (Å²) in [7, 11) is 1.40. The maximum Gasteiger partial charge on any atom is 0.343 e. The molecule has 26 heavy (non-hydrogen) atoms. The van der Waals surface area contributed by atoms with Gasteiger partial charge in [0.2, 0.25) is 5.75 Å². The van der Waals surface area contributed by atoms with Gasteiger partial charge in [0.25, 0.3) is 0 Å². The third kappa shape index (κ3) is 3.96. The highest BCUT2D eigenvalue weighted by Gasteiger charge is 2.29. The molecule has 0 atom stereocenters. The molecule has 6 nitrogen and oxygen atoms in total. The number of aryl methyl sites for hydroxylation is 1. The summed E-state index contributed by atoms with van der Waals surface area (Å²) >= 11 is 3.46. The maximum atomic E-state index is 12.4. The first-order chi connectivity index (χ1) is 12.5. The highest BCUT2D eigenvalue weighted by molar-refractivity contribution is 8.19. The molecule has 0 aliphatic carbocycles. The van der Waals surface area contributed by atoms with E-state index in [2.05, 4.69) is 0 Å². The Morgan fingerprint density at radius 1 is 1.19 bits per heavy atom. The van der Waals surface area contributed by atoms with E-state index in [0.717, 1.165) is 22.6 Å². The van der Waals surface area contributed by atoms with E-state index >= 15 is 0 Å². The summed E-state index contributed by atoms with van der Waals surface area (Å²) in [6.45, 7) is 1.90. The van der Waals surface area contributed by atoms with Crippen molar-refractivity contribution < 1.29 is 19.2 Å². The third-order valence-corrected chi connectivity index (χ3v) is 6.95. The Balaban J connectivity index is 1.97. The van der Waals surface area contributed by atoms with Gasteiger partial charge < -0.3 is 9.47 Å². The second kappa shape index (κ2) is 8.01. The van der Waals surface area contributed by atoms with Gasteiger partial charge in [-0.05, 0) is 30.7 Å². The summed E-state index contributed by atoms with van der Waals surface area (Å²) in [5.74, 6) is 1.34. The average molecular weight is 391 g/mol. The van der Waals surface area contributed by atoms with Crippen LogP contribution >= 0.6 is 23.5 Å². The molecule has 8 heteroatoms. The molecule has 1 fully saturated rings. The third-order valence-electron chi connectivity index (χ3n) is 3.85. The van der Waals surface area contributed by atoms with Crippen molar-refractivity contribution in [3.63, 3.8) is 0 Å².